The van der Waals surface area contributed by atoms with Gasteiger partial charge in [0.15, 0.2) is 0 Å². The van der Waals surface area contributed by atoms with E-state index in [-0.39, 0.29) is 0 Å². The first kappa shape index (κ1) is 15.2. The summed E-state index contributed by atoms with van der Waals surface area (Å²) in [6.45, 7) is 9.86. The van der Waals surface area contributed by atoms with E-state index in [1.807, 2.05) is 6.07 Å². The molecule has 0 spiro atoms. The molecule has 2 nitrogen and oxygen atoms in total. The van der Waals surface area contributed by atoms with Crippen molar-refractivity contribution in [1.82, 2.24) is 0 Å². The smallest absolute Gasteiger partial charge is 0.121 e. The second-order valence-corrected chi connectivity index (χ2v) is 6.88. The van der Waals surface area contributed by atoms with Gasteiger partial charge in [-0.15, -0.1) is 0 Å². The van der Waals surface area contributed by atoms with E-state index >= 15 is 0 Å². The van der Waals surface area contributed by atoms with Crippen molar-refractivity contribution in [1.29, 1.82) is 0 Å². The lowest BCUT2D eigenvalue weighted by Crippen LogP contribution is -2.32. The Hall–Kier alpha value is -1.18. The molecule has 2 rings (SSSR count). The largest absolute Gasteiger partial charge is 0.493 e. The van der Waals surface area contributed by atoms with Crippen LogP contribution in [-0.2, 0) is 0 Å². The molecule has 1 fully saturated rings. The van der Waals surface area contributed by atoms with Crippen LogP contribution in [-0.4, -0.2) is 12.6 Å². The standard InChI is InChI=1S/C18H29NO/c1-13(2)12-20-17-7-5-6-16(11-17)19-18-9-8-14(3)10-15(18)4/h5-7,11,13-15,18-19H,8-10,12H2,1-4H3. The van der Waals surface area contributed by atoms with Crippen LogP contribution >= 0.6 is 0 Å². The van der Waals surface area contributed by atoms with E-state index in [0.717, 1.165) is 24.2 Å². The van der Waals surface area contributed by atoms with Gasteiger partial charge >= 0.3 is 0 Å². The van der Waals surface area contributed by atoms with Crippen LogP contribution < -0.4 is 10.1 Å². The van der Waals surface area contributed by atoms with E-state index in [4.69, 9.17) is 4.74 Å². The van der Waals surface area contributed by atoms with Crippen molar-refractivity contribution in [2.75, 3.05) is 11.9 Å². The number of anilines is 1. The summed E-state index contributed by atoms with van der Waals surface area (Å²) in [7, 11) is 0. The lowest BCUT2D eigenvalue weighted by atomic mass is 9.80. The number of nitrogens with one attached hydrogen (secondary N) is 1. The molecule has 0 bridgehead atoms. The first-order chi connectivity index (χ1) is 9.54. The zero-order valence-corrected chi connectivity index (χ0v) is 13.4. The number of rotatable bonds is 5. The van der Waals surface area contributed by atoms with Gasteiger partial charge < -0.3 is 10.1 Å². The molecule has 0 saturated heterocycles. The molecule has 0 aromatic heterocycles. The lowest BCUT2D eigenvalue weighted by Gasteiger charge is -2.33. The van der Waals surface area contributed by atoms with E-state index < -0.39 is 0 Å². The normalized spacial score (nSPS) is 26.6. The summed E-state index contributed by atoms with van der Waals surface area (Å²) in [4.78, 5) is 0. The van der Waals surface area contributed by atoms with Crippen molar-refractivity contribution in [3.8, 4) is 5.75 Å². The minimum Gasteiger partial charge on any atom is -0.493 e. The highest BCUT2D eigenvalue weighted by Gasteiger charge is 2.25. The number of hydrogen-bond donors (Lipinski definition) is 1. The molecule has 0 heterocycles. The predicted molar refractivity (Wildman–Crippen MR) is 86.4 cm³/mol. The van der Waals surface area contributed by atoms with Crippen LogP contribution in [0.1, 0.15) is 47.0 Å². The topological polar surface area (TPSA) is 21.3 Å². The van der Waals surface area contributed by atoms with Gasteiger partial charge in [-0.25, -0.2) is 0 Å². The van der Waals surface area contributed by atoms with Gasteiger partial charge in [0.25, 0.3) is 0 Å². The van der Waals surface area contributed by atoms with Crippen molar-refractivity contribution in [3.05, 3.63) is 24.3 Å². The maximum Gasteiger partial charge on any atom is 0.121 e. The highest BCUT2D eigenvalue weighted by molar-refractivity contribution is 5.49. The van der Waals surface area contributed by atoms with Crippen LogP contribution in [0.25, 0.3) is 0 Å². The van der Waals surface area contributed by atoms with Crippen molar-refractivity contribution in [3.63, 3.8) is 0 Å². The van der Waals surface area contributed by atoms with Crippen LogP contribution in [0, 0.1) is 17.8 Å². The molecule has 1 N–H and O–H groups in total. The zero-order valence-electron chi connectivity index (χ0n) is 13.4. The average Bonchev–Trinajstić information content (AvgIpc) is 2.40. The molecule has 1 saturated carbocycles. The van der Waals surface area contributed by atoms with Crippen LogP contribution in [0.2, 0.25) is 0 Å². The van der Waals surface area contributed by atoms with E-state index in [1.54, 1.807) is 0 Å². The van der Waals surface area contributed by atoms with Gasteiger partial charge in [0.1, 0.15) is 5.75 Å². The number of benzene rings is 1. The summed E-state index contributed by atoms with van der Waals surface area (Å²) in [6.07, 6.45) is 3.95. The molecule has 1 aliphatic rings. The third-order valence-corrected chi connectivity index (χ3v) is 4.20. The fraction of sp³-hybridized carbons (Fsp3) is 0.667. The molecule has 1 aromatic rings. The van der Waals surface area contributed by atoms with Gasteiger partial charge in [0.05, 0.1) is 6.61 Å². The van der Waals surface area contributed by atoms with Gasteiger partial charge in [0, 0.05) is 17.8 Å². The van der Waals surface area contributed by atoms with Gasteiger partial charge in [-0.05, 0) is 49.1 Å². The van der Waals surface area contributed by atoms with Crippen molar-refractivity contribution in [2.45, 2.75) is 53.0 Å². The Morgan fingerprint density at radius 2 is 2.05 bits per heavy atom. The van der Waals surface area contributed by atoms with Crippen molar-refractivity contribution >= 4 is 5.69 Å². The summed E-state index contributed by atoms with van der Waals surface area (Å²) < 4.78 is 5.80. The fourth-order valence-corrected chi connectivity index (χ4v) is 3.03. The van der Waals surface area contributed by atoms with Crippen LogP contribution in [0.3, 0.4) is 0 Å². The molecule has 1 aliphatic carbocycles. The molecule has 0 aliphatic heterocycles. The Kier molecular flexibility index (Phi) is 5.33. The maximum absolute atomic E-state index is 5.80. The zero-order chi connectivity index (χ0) is 14.5. The predicted octanol–water partition coefficient (Wildman–Crippen LogP) is 4.96. The van der Waals surface area contributed by atoms with Gasteiger partial charge in [0.2, 0.25) is 0 Å². The Balaban J connectivity index is 1.93. The quantitative estimate of drug-likeness (QED) is 0.820. The lowest BCUT2D eigenvalue weighted by molar-refractivity contribution is 0.270. The van der Waals surface area contributed by atoms with Crippen LogP contribution in [0.15, 0.2) is 24.3 Å². The first-order valence-corrected chi connectivity index (χ1v) is 8.04. The maximum atomic E-state index is 5.80. The average molecular weight is 275 g/mol. The van der Waals surface area contributed by atoms with Crippen molar-refractivity contribution in [2.24, 2.45) is 17.8 Å². The molecule has 1 aromatic carbocycles. The molecule has 3 unspecified atom stereocenters. The number of ether oxygens (including phenoxy) is 1. The summed E-state index contributed by atoms with van der Waals surface area (Å²) in [5, 5.41) is 3.70. The summed E-state index contributed by atoms with van der Waals surface area (Å²) >= 11 is 0. The highest BCUT2D eigenvalue weighted by atomic mass is 16.5. The Morgan fingerprint density at radius 3 is 2.75 bits per heavy atom. The molecule has 112 valence electrons. The monoisotopic (exact) mass is 275 g/mol. The van der Waals surface area contributed by atoms with E-state index in [0.29, 0.717) is 12.0 Å². The Morgan fingerprint density at radius 1 is 1.25 bits per heavy atom. The molecule has 20 heavy (non-hydrogen) atoms. The van der Waals surface area contributed by atoms with Crippen LogP contribution in [0.5, 0.6) is 5.75 Å². The fourth-order valence-electron chi connectivity index (χ4n) is 3.03. The summed E-state index contributed by atoms with van der Waals surface area (Å²) in [5.41, 5.74) is 1.19. The van der Waals surface area contributed by atoms with E-state index in [9.17, 15) is 0 Å². The Bertz CT molecular complexity index is 416. The SMILES string of the molecule is CC(C)COc1cccc(NC2CCC(C)CC2C)c1. The molecule has 3 atom stereocenters. The summed E-state index contributed by atoms with van der Waals surface area (Å²) in [5.74, 6) is 3.16. The minimum atomic E-state index is 0.562. The molecule has 2 heteroatoms. The molecular formula is C18H29NO. The third kappa shape index (κ3) is 4.43. The summed E-state index contributed by atoms with van der Waals surface area (Å²) in [6, 6.07) is 9.00. The van der Waals surface area contributed by atoms with Gasteiger partial charge in [-0.1, -0.05) is 33.8 Å². The minimum absolute atomic E-state index is 0.562. The van der Waals surface area contributed by atoms with Gasteiger partial charge in [-0.3, -0.25) is 0 Å². The highest BCUT2D eigenvalue weighted by Crippen LogP contribution is 2.31. The first-order valence-electron chi connectivity index (χ1n) is 8.04. The molecule has 0 radical (unpaired) electrons. The third-order valence-electron chi connectivity index (χ3n) is 4.20. The second kappa shape index (κ2) is 7.01. The van der Waals surface area contributed by atoms with Crippen LogP contribution in [0.4, 0.5) is 5.69 Å². The van der Waals surface area contributed by atoms with Gasteiger partial charge in [-0.2, -0.15) is 0 Å². The second-order valence-electron chi connectivity index (χ2n) is 6.88. The molecular weight excluding hydrogens is 246 g/mol. The van der Waals surface area contributed by atoms with Crippen molar-refractivity contribution < 1.29 is 4.74 Å². The Labute approximate surface area is 123 Å². The van der Waals surface area contributed by atoms with E-state index in [1.165, 1.54) is 24.9 Å². The van der Waals surface area contributed by atoms with E-state index in [2.05, 4.69) is 51.2 Å². The number of hydrogen-bond acceptors (Lipinski definition) is 2. The molecule has 0 amide bonds.